The summed E-state index contributed by atoms with van der Waals surface area (Å²) >= 11 is 0. The molecule has 0 saturated heterocycles. The Morgan fingerprint density at radius 2 is 0.833 bits per heavy atom. The minimum atomic E-state index is 0.126. The van der Waals surface area contributed by atoms with Crippen molar-refractivity contribution in [3.63, 3.8) is 0 Å². The summed E-state index contributed by atoms with van der Waals surface area (Å²) in [5, 5.41) is 0. The Bertz CT molecular complexity index is 542. The minimum absolute atomic E-state index is 0.126. The Kier molecular flexibility index (Phi) is 8.71. The van der Waals surface area contributed by atoms with Crippen LogP contribution in [0.5, 0.6) is 0 Å². The molecule has 0 saturated carbocycles. The maximum Gasteiger partial charge on any atom is 0.0464 e. The first-order chi connectivity index (χ1) is 11.4. The van der Waals surface area contributed by atoms with E-state index in [0.29, 0.717) is 0 Å². The van der Waals surface area contributed by atoms with Gasteiger partial charge >= 0.3 is 0 Å². The van der Waals surface area contributed by atoms with Crippen LogP contribution in [-0.2, 0) is 9.49 Å². The molecule has 0 nitrogen and oxygen atoms in total. The summed E-state index contributed by atoms with van der Waals surface area (Å²) in [6.45, 7) is 9.13. The zero-order valence-corrected chi connectivity index (χ0v) is 19.1. The standard InChI is InChI=1S/C18H22S6/c1-17(2,15-11-7-5-8-12-15)19-21-23-24-22-20-18(3,4)16-13-9-6-10-14-16/h5-14H,1-4H3. The van der Waals surface area contributed by atoms with Gasteiger partial charge in [0.25, 0.3) is 0 Å². The van der Waals surface area contributed by atoms with Crippen molar-refractivity contribution in [1.29, 1.82) is 0 Å². The van der Waals surface area contributed by atoms with Crippen LogP contribution in [0.25, 0.3) is 0 Å². The molecule has 0 unspecified atom stereocenters. The van der Waals surface area contributed by atoms with E-state index in [1.54, 1.807) is 0 Å². The Labute approximate surface area is 168 Å². The molecule has 0 bridgehead atoms. The molecule has 0 aliphatic carbocycles. The Morgan fingerprint density at radius 3 is 1.17 bits per heavy atom. The predicted molar refractivity (Wildman–Crippen MR) is 124 cm³/mol. The lowest BCUT2D eigenvalue weighted by molar-refractivity contribution is 0.789. The van der Waals surface area contributed by atoms with E-state index in [9.17, 15) is 0 Å². The Hall–Kier alpha value is 0.540. The van der Waals surface area contributed by atoms with Crippen LogP contribution >= 0.6 is 60.9 Å². The van der Waals surface area contributed by atoms with Crippen molar-refractivity contribution < 1.29 is 0 Å². The number of hydrogen-bond donors (Lipinski definition) is 0. The molecule has 0 aliphatic rings. The smallest absolute Gasteiger partial charge is 0.0464 e. The van der Waals surface area contributed by atoms with Crippen LogP contribution in [0.1, 0.15) is 38.8 Å². The lowest BCUT2D eigenvalue weighted by atomic mass is 10.0. The molecule has 0 aliphatic heterocycles. The summed E-state index contributed by atoms with van der Waals surface area (Å²) in [5.41, 5.74) is 2.75. The normalized spacial score (nSPS) is 12.3. The zero-order valence-electron chi connectivity index (χ0n) is 14.2. The second kappa shape index (κ2) is 10.0. The van der Waals surface area contributed by atoms with Crippen molar-refractivity contribution >= 4 is 60.9 Å². The van der Waals surface area contributed by atoms with Gasteiger partial charge in [-0.1, -0.05) is 82.3 Å². The monoisotopic (exact) mass is 430 g/mol. The van der Waals surface area contributed by atoms with E-state index in [-0.39, 0.29) is 9.49 Å². The van der Waals surface area contributed by atoms with Crippen LogP contribution in [0.2, 0.25) is 0 Å². The Balaban J connectivity index is 1.68. The van der Waals surface area contributed by atoms with Crippen molar-refractivity contribution in [3.8, 4) is 0 Å². The van der Waals surface area contributed by atoms with Crippen molar-refractivity contribution in [1.82, 2.24) is 0 Å². The molecule has 0 amide bonds. The first-order valence-electron chi connectivity index (χ1n) is 7.56. The molecule has 2 aromatic rings. The molecule has 130 valence electrons. The van der Waals surface area contributed by atoms with Gasteiger partial charge in [-0.05, 0) is 78.1 Å². The first kappa shape index (κ1) is 20.8. The molecule has 0 fully saturated rings. The molecular weight excluding hydrogens is 409 g/mol. The third-order valence-corrected chi connectivity index (χ3v) is 15.7. The molecule has 0 aromatic heterocycles. The predicted octanol–water partition coefficient (Wildman–Crippen LogP) is 8.83. The highest BCUT2D eigenvalue weighted by Crippen LogP contribution is 2.59. The van der Waals surface area contributed by atoms with Crippen LogP contribution in [0.3, 0.4) is 0 Å². The average molecular weight is 431 g/mol. The lowest BCUT2D eigenvalue weighted by Crippen LogP contribution is -2.09. The minimum Gasteiger partial charge on any atom is -0.0706 e. The maximum atomic E-state index is 2.28. The fourth-order valence-electron chi connectivity index (χ4n) is 2.00. The van der Waals surface area contributed by atoms with E-state index in [1.165, 1.54) is 11.1 Å². The van der Waals surface area contributed by atoms with Crippen LogP contribution in [0.15, 0.2) is 60.7 Å². The van der Waals surface area contributed by atoms with E-state index < -0.39 is 0 Å². The SMILES string of the molecule is CC(C)(SSSSSSC(C)(C)c1ccccc1)c1ccccc1. The second-order valence-corrected chi connectivity index (χ2v) is 16.6. The lowest BCUT2D eigenvalue weighted by Gasteiger charge is -2.24. The summed E-state index contributed by atoms with van der Waals surface area (Å²) < 4.78 is 0.251. The first-order valence-corrected chi connectivity index (χ1v) is 15.0. The number of hydrogen-bond acceptors (Lipinski definition) is 6. The molecular formula is C18H22S6. The van der Waals surface area contributed by atoms with Gasteiger partial charge in [0.05, 0.1) is 0 Å². The van der Waals surface area contributed by atoms with Crippen LogP contribution in [0, 0.1) is 0 Å². The van der Waals surface area contributed by atoms with Gasteiger partial charge in [-0.2, -0.15) is 0 Å². The van der Waals surface area contributed by atoms with Gasteiger partial charge in [-0.25, -0.2) is 0 Å². The third kappa shape index (κ3) is 6.69. The molecule has 0 atom stereocenters. The molecule has 0 N–H and O–H groups in total. The summed E-state index contributed by atoms with van der Waals surface area (Å²) in [6, 6.07) is 21.4. The van der Waals surface area contributed by atoms with Crippen molar-refractivity contribution in [2.45, 2.75) is 37.2 Å². The average Bonchev–Trinajstić information content (AvgIpc) is 2.59. The zero-order chi connectivity index (χ0) is 17.5. The molecule has 0 spiro atoms. The van der Waals surface area contributed by atoms with E-state index in [4.69, 9.17) is 0 Å². The van der Waals surface area contributed by atoms with Gasteiger partial charge in [0.15, 0.2) is 0 Å². The highest BCUT2D eigenvalue weighted by Gasteiger charge is 2.23. The van der Waals surface area contributed by atoms with E-state index in [0.717, 1.165) is 0 Å². The third-order valence-electron chi connectivity index (χ3n) is 3.51. The van der Waals surface area contributed by atoms with Crippen molar-refractivity contribution in [2.24, 2.45) is 0 Å². The quantitative estimate of drug-likeness (QED) is 0.286. The second-order valence-electron chi connectivity index (χ2n) is 6.19. The highest BCUT2D eigenvalue weighted by atomic mass is 33.9. The van der Waals surface area contributed by atoms with Crippen molar-refractivity contribution in [3.05, 3.63) is 71.8 Å². The van der Waals surface area contributed by atoms with Gasteiger partial charge < -0.3 is 0 Å². The number of benzene rings is 2. The van der Waals surface area contributed by atoms with Gasteiger partial charge in [0, 0.05) is 9.49 Å². The van der Waals surface area contributed by atoms with E-state index >= 15 is 0 Å². The van der Waals surface area contributed by atoms with Gasteiger partial charge in [-0.3, -0.25) is 0 Å². The summed E-state index contributed by atoms with van der Waals surface area (Å²) in [5.74, 6) is 0. The fraction of sp³-hybridized carbons (Fsp3) is 0.333. The molecule has 0 radical (unpaired) electrons. The largest absolute Gasteiger partial charge is 0.0706 e. The van der Waals surface area contributed by atoms with Gasteiger partial charge in [-0.15, -0.1) is 0 Å². The summed E-state index contributed by atoms with van der Waals surface area (Å²) in [6.07, 6.45) is 0. The summed E-state index contributed by atoms with van der Waals surface area (Å²) in [4.78, 5) is 0. The molecule has 0 heterocycles. The van der Waals surface area contributed by atoms with E-state index in [1.807, 2.05) is 60.9 Å². The fourth-order valence-corrected chi connectivity index (χ4v) is 15.2. The molecule has 24 heavy (non-hydrogen) atoms. The maximum absolute atomic E-state index is 2.28. The molecule has 2 aromatic carbocycles. The van der Waals surface area contributed by atoms with Crippen LogP contribution < -0.4 is 0 Å². The topological polar surface area (TPSA) is 0 Å². The Morgan fingerprint density at radius 1 is 0.500 bits per heavy atom. The van der Waals surface area contributed by atoms with Crippen molar-refractivity contribution in [2.75, 3.05) is 0 Å². The van der Waals surface area contributed by atoms with Crippen LogP contribution in [0.4, 0.5) is 0 Å². The van der Waals surface area contributed by atoms with Crippen LogP contribution in [-0.4, -0.2) is 0 Å². The molecule has 6 heteroatoms. The van der Waals surface area contributed by atoms with E-state index in [2.05, 4.69) is 88.4 Å². The summed E-state index contributed by atoms with van der Waals surface area (Å²) in [7, 11) is 11.3. The molecule has 2 rings (SSSR count). The van der Waals surface area contributed by atoms with Gasteiger partial charge in [0.1, 0.15) is 0 Å². The van der Waals surface area contributed by atoms with Gasteiger partial charge in [0.2, 0.25) is 0 Å². The highest BCUT2D eigenvalue weighted by molar-refractivity contribution is 9.41. The number of rotatable bonds is 9.